The van der Waals surface area contributed by atoms with Crippen LogP contribution in [0.3, 0.4) is 0 Å². The van der Waals surface area contributed by atoms with Crippen molar-refractivity contribution in [3.63, 3.8) is 0 Å². The van der Waals surface area contributed by atoms with Crippen LogP contribution in [0.15, 0.2) is 42.9 Å². The molecule has 1 aromatic heterocycles. The Hall–Kier alpha value is -2.63. The van der Waals surface area contributed by atoms with Crippen LogP contribution in [-0.4, -0.2) is 49.6 Å². The predicted molar refractivity (Wildman–Crippen MR) is 100 cm³/mol. The molecular formula is C19H25N5O. The fourth-order valence-electron chi connectivity index (χ4n) is 3.07. The molecule has 0 radical (unpaired) electrons. The Morgan fingerprint density at radius 2 is 1.92 bits per heavy atom. The van der Waals surface area contributed by atoms with Crippen LogP contribution in [0, 0.1) is 5.92 Å². The van der Waals surface area contributed by atoms with Gasteiger partial charge < -0.3 is 15.1 Å². The summed E-state index contributed by atoms with van der Waals surface area (Å²) in [5.74, 6) is 1.45. The van der Waals surface area contributed by atoms with Crippen molar-refractivity contribution < 1.29 is 4.79 Å². The van der Waals surface area contributed by atoms with Gasteiger partial charge >= 0.3 is 0 Å². The van der Waals surface area contributed by atoms with E-state index >= 15 is 0 Å². The molecule has 0 bridgehead atoms. The number of nitrogens with zero attached hydrogens (tertiary/aromatic N) is 4. The molecule has 3 rings (SSSR count). The van der Waals surface area contributed by atoms with Crippen LogP contribution in [0.5, 0.6) is 0 Å². The fraction of sp³-hybridized carbons (Fsp3) is 0.421. The van der Waals surface area contributed by atoms with Crippen LogP contribution in [0.4, 0.5) is 11.5 Å². The third kappa shape index (κ3) is 4.47. The van der Waals surface area contributed by atoms with E-state index in [2.05, 4.69) is 20.2 Å². The molecule has 0 aliphatic carbocycles. The monoisotopic (exact) mass is 339 g/mol. The third-order valence-corrected chi connectivity index (χ3v) is 4.69. The van der Waals surface area contributed by atoms with Gasteiger partial charge in [-0.1, -0.05) is 0 Å². The first kappa shape index (κ1) is 17.2. The number of aromatic nitrogens is 2. The van der Waals surface area contributed by atoms with Crippen LogP contribution < -0.4 is 15.1 Å². The molecule has 6 nitrogen and oxygen atoms in total. The van der Waals surface area contributed by atoms with E-state index in [0.717, 1.165) is 44.0 Å². The highest BCUT2D eigenvalue weighted by molar-refractivity contribution is 5.94. The van der Waals surface area contributed by atoms with E-state index in [1.165, 1.54) is 0 Å². The van der Waals surface area contributed by atoms with Crippen LogP contribution in [-0.2, 0) is 0 Å². The number of carbonyl (C=O) groups excluding carboxylic acids is 1. The minimum atomic E-state index is 0.00154. The molecule has 0 saturated carbocycles. The smallest absolute Gasteiger partial charge is 0.251 e. The fourth-order valence-corrected chi connectivity index (χ4v) is 3.07. The minimum Gasteiger partial charge on any atom is -0.378 e. The van der Waals surface area contributed by atoms with Gasteiger partial charge in [-0.3, -0.25) is 9.78 Å². The Balaban J connectivity index is 1.45. The molecule has 1 fully saturated rings. The Labute approximate surface area is 148 Å². The van der Waals surface area contributed by atoms with Crippen molar-refractivity contribution >= 4 is 17.4 Å². The van der Waals surface area contributed by atoms with Crippen LogP contribution in [0.25, 0.3) is 0 Å². The lowest BCUT2D eigenvalue weighted by molar-refractivity contribution is 0.0945. The van der Waals surface area contributed by atoms with E-state index in [0.29, 0.717) is 11.5 Å². The molecule has 1 aromatic carbocycles. The predicted octanol–water partition coefficient (Wildman–Crippen LogP) is 2.19. The van der Waals surface area contributed by atoms with Gasteiger partial charge in [-0.05, 0) is 43.0 Å². The van der Waals surface area contributed by atoms with Crippen LogP contribution in [0.1, 0.15) is 23.2 Å². The molecule has 1 amide bonds. The number of anilines is 2. The number of hydrogen-bond acceptors (Lipinski definition) is 5. The number of amides is 1. The summed E-state index contributed by atoms with van der Waals surface area (Å²) in [4.78, 5) is 25.1. The van der Waals surface area contributed by atoms with Gasteiger partial charge in [0, 0.05) is 57.4 Å². The SMILES string of the molecule is CN(C)c1ccc(C(=O)NCC2CCN(c3cnccn3)CC2)cc1. The lowest BCUT2D eigenvalue weighted by Crippen LogP contribution is -2.39. The molecule has 1 aliphatic rings. The molecule has 132 valence electrons. The van der Waals surface area contributed by atoms with Gasteiger partial charge in [0.15, 0.2) is 0 Å². The van der Waals surface area contributed by atoms with Gasteiger partial charge in [0.05, 0.1) is 6.20 Å². The molecule has 25 heavy (non-hydrogen) atoms. The minimum absolute atomic E-state index is 0.00154. The molecule has 0 spiro atoms. The van der Waals surface area contributed by atoms with Crippen molar-refractivity contribution in [2.24, 2.45) is 5.92 Å². The standard InChI is InChI=1S/C19H25N5O/c1-23(2)17-5-3-16(4-6-17)19(25)22-13-15-7-11-24(12-8-15)18-14-20-9-10-21-18/h3-6,9-10,14-15H,7-8,11-13H2,1-2H3,(H,22,25). The Bertz CT molecular complexity index is 679. The highest BCUT2D eigenvalue weighted by Gasteiger charge is 2.20. The summed E-state index contributed by atoms with van der Waals surface area (Å²) in [6.45, 7) is 2.64. The van der Waals surface area contributed by atoms with Gasteiger partial charge in [-0.15, -0.1) is 0 Å². The van der Waals surface area contributed by atoms with Crippen LogP contribution >= 0.6 is 0 Å². The van der Waals surface area contributed by atoms with Crippen molar-refractivity contribution in [3.05, 3.63) is 48.4 Å². The molecule has 1 aliphatic heterocycles. The lowest BCUT2D eigenvalue weighted by Gasteiger charge is -2.32. The first-order valence-electron chi connectivity index (χ1n) is 8.70. The van der Waals surface area contributed by atoms with E-state index in [1.807, 2.05) is 43.3 Å². The summed E-state index contributed by atoms with van der Waals surface area (Å²) in [6.07, 6.45) is 7.33. The second-order valence-corrected chi connectivity index (χ2v) is 6.65. The molecule has 1 N–H and O–H groups in total. The molecule has 1 saturated heterocycles. The van der Waals surface area contributed by atoms with Crippen molar-refractivity contribution in [2.45, 2.75) is 12.8 Å². The average molecular weight is 339 g/mol. The molecular weight excluding hydrogens is 314 g/mol. The zero-order valence-corrected chi connectivity index (χ0v) is 14.9. The van der Waals surface area contributed by atoms with Crippen molar-refractivity contribution in [2.75, 3.05) is 43.5 Å². The van der Waals surface area contributed by atoms with Crippen molar-refractivity contribution in [1.29, 1.82) is 0 Å². The average Bonchev–Trinajstić information content (AvgIpc) is 2.67. The first-order chi connectivity index (χ1) is 12.1. The molecule has 0 atom stereocenters. The first-order valence-corrected chi connectivity index (χ1v) is 8.70. The number of nitrogens with one attached hydrogen (secondary N) is 1. The molecule has 0 unspecified atom stereocenters. The molecule has 2 aromatic rings. The van der Waals surface area contributed by atoms with Crippen molar-refractivity contribution in [3.8, 4) is 0 Å². The normalized spacial score (nSPS) is 15.0. The van der Waals surface area contributed by atoms with Gasteiger partial charge in [0.25, 0.3) is 5.91 Å². The maximum atomic E-state index is 12.3. The zero-order chi connectivity index (χ0) is 17.6. The second-order valence-electron chi connectivity index (χ2n) is 6.65. The maximum Gasteiger partial charge on any atom is 0.251 e. The quantitative estimate of drug-likeness (QED) is 0.905. The molecule has 2 heterocycles. The Kier molecular flexibility index (Phi) is 5.48. The maximum absolute atomic E-state index is 12.3. The number of hydrogen-bond donors (Lipinski definition) is 1. The number of benzene rings is 1. The summed E-state index contributed by atoms with van der Waals surface area (Å²) in [6, 6.07) is 7.69. The summed E-state index contributed by atoms with van der Waals surface area (Å²) < 4.78 is 0. The number of carbonyl (C=O) groups is 1. The topological polar surface area (TPSA) is 61.4 Å². The highest BCUT2D eigenvalue weighted by Crippen LogP contribution is 2.20. The summed E-state index contributed by atoms with van der Waals surface area (Å²) in [7, 11) is 3.98. The Morgan fingerprint density at radius 3 is 2.52 bits per heavy atom. The molecule has 6 heteroatoms. The van der Waals surface area contributed by atoms with Gasteiger partial charge in [0.1, 0.15) is 5.82 Å². The highest BCUT2D eigenvalue weighted by atomic mass is 16.1. The van der Waals surface area contributed by atoms with Crippen LogP contribution in [0.2, 0.25) is 0 Å². The van der Waals surface area contributed by atoms with Crippen molar-refractivity contribution in [1.82, 2.24) is 15.3 Å². The summed E-state index contributed by atoms with van der Waals surface area (Å²) in [5.41, 5.74) is 1.80. The van der Waals surface area contributed by atoms with E-state index in [9.17, 15) is 4.79 Å². The van der Waals surface area contributed by atoms with E-state index < -0.39 is 0 Å². The Morgan fingerprint density at radius 1 is 1.20 bits per heavy atom. The number of rotatable bonds is 5. The van der Waals surface area contributed by atoms with Gasteiger partial charge in [-0.25, -0.2) is 4.98 Å². The lowest BCUT2D eigenvalue weighted by atomic mass is 9.96. The summed E-state index contributed by atoms with van der Waals surface area (Å²) >= 11 is 0. The largest absolute Gasteiger partial charge is 0.378 e. The van der Waals surface area contributed by atoms with E-state index in [4.69, 9.17) is 0 Å². The van der Waals surface area contributed by atoms with E-state index in [1.54, 1.807) is 18.6 Å². The zero-order valence-electron chi connectivity index (χ0n) is 14.9. The summed E-state index contributed by atoms with van der Waals surface area (Å²) in [5, 5.41) is 3.07. The third-order valence-electron chi connectivity index (χ3n) is 4.69. The second kappa shape index (κ2) is 7.96. The van der Waals surface area contributed by atoms with Gasteiger partial charge in [0.2, 0.25) is 0 Å². The van der Waals surface area contributed by atoms with Gasteiger partial charge in [-0.2, -0.15) is 0 Å². The van der Waals surface area contributed by atoms with E-state index in [-0.39, 0.29) is 5.91 Å². The number of piperidine rings is 1.